The van der Waals surface area contributed by atoms with Gasteiger partial charge in [0.15, 0.2) is 0 Å². The molecule has 0 aromatic carbocycles. The minimum atomic E-state index is -0.323. The Bertz CT molecular complexity index is 283. The maximum atomic E-state index is 9.48. The number of nitrogens with two attached hydrogens (primary N) is 1. The lowest BCUT2D eigenvalue weighted by Crippen LogP contribution is -2.53. The summed E-state index contributed by atoms with van der Waals surface area (Å²) in [6.07, 6.45) is 5.65. The van der Waals surface area contributed by atoms with Crippen LogP contribution < -0.4 is 5.73 Å². The van der Waals surface area contributed by atoms with Gasteiger partial charge in [-0.2, -0.15) is 0 Å². The van der Waals surface area contributed by atoms with Crippen molar-refractivity contribution < 1.29 is 5.11 Å². The molecule has 2 rings (SSSR count). The minimum absolute atomic E-state index is 0.136. The summed E-state index contributed by atoms with van der Waals surface area (Å²) in [4.78, 5) is 5.20. The van der Waals surface area contributed by atoms with Gasteiger partial charge < -0.3 is 10.8 Å². The number of aliphatic hydroxyl groups excluding tert-OH is 1. The van der Waals surface area contributed by atoms with E-state index in [1.165, 1.54) is 25.9 Å². The van der Waals surface area contributed by atoms with E-state index in [1.807, 2.05) is 0 Å². The average Bonchev–Trinajstić information content (AvgIpc) is 2.90. The zero-order valence-corrected chi connectivity index (χ0v) is 12.6. The van der Waals surface area contributed by atoms with Crippen LogP contribution in [0.4, 0.5) is 0 Å². The zero-order valence-electron chi connectivity index (χ0n) is 12.6. The molecule has 0 spiro atoms. The third-order valence-corrected chi connectivity index (χ3v) is 5.21. The first-order valence-electron chi connectivity index (χ1n) is 7.99. The van der Waals surface area contributed by atoms with Crippen molar-refractivity contribution in [1.82, 2.24) is 9.80 Å². The van der Waals surface area contributed by atoms with Crippen LogP contribution in [0, 0.1) is 0 Å². The Morgan fingerprint density at radius 2 is 2.05 bits per heavy atom. The second-order valence-electron chi connectivity index (χ2n) is 6.43. The Morgan fingerprint density at radius 1 is 1.32 bits per heavy atom. The monoisotopic (exact) mass is 269 g/mol. The maximum absolute atomic E-state index is 9.48. The molecule has 0 bridgehead atoms. The molecule has 112 valence electrons. The van der Waals surface area contributed by atoms with Crippen LogP contribution in [0.2, 0.25) is 0 Å². The van der Waals surface area contributed by atoms with Crippen LogP contribution in [0.5, 0.6) is 0 Å². The van der Waals surface area contributed by atoms with Gasteiger partial charge in [0, 0.05) is 30.7 Å². The first-order valence-corrected chi connectivity index (χ1v) is 7.99. The normalized spacial score (nSPS) is 37.1. The van der Waals surface area contributed by atoms with Gasteiger partial charge in [-0.3, -0.25) is 9.80 Å². The van der Waals surface area contributed by atoms with E-state index in [-0.39, 0.29) is 12.1 Å². The van der Waals surface area contributed by atoms with Crippen LogP contribution in [0.25, 0.3) is 0 Å². The maximum Gasteiger partial charge on any atom is 0.0611 e. The molecule has 1 heterocycles. The van der Waals surface area contributed by atoms with Crippen molar-refractivity contribution in [2.45, 2.75) is 63.6 Å². The van der Waals surface area contributed by atoms with E-state index in [0.717, 1.165) is 38.4 Å². The summed E-state index contributed by atoms with van der Waals surface area (Å²) in [5, 5.41) is 9.48. The van der Waals surface area contributed by atoms with Crippen molar-refractivity contribution in [3.8, 4) is 0 Å². The SMILES string of the molecule is CCN(CC)C1CCN(C2CCCC(N)(CO)C2)C1. The van der Waals surface area contributed by atoms with Gasteiger partial charge in [-0.1, -0.05) is 13.8 Å². The highest BCUT2D eigenvalue weighted by atomic mass is 16.3. The highest BCUT2D eigenvalue weighted by Crippen LogP contribution is 2.31. The molecule has 0 radical (unpaired) electrons. The summed E-state index contributed by atoms with van der Waals surface area (Å²) in [6.45, 7) is 9.33. The number of hydrogen-bond donors (Lipinski definition) is 2. The lowest BCUT2D eigenvalue weighted by Gasteiger charge is -2.41. The lowest BCUT2D eigenvalue weighted by atomic mass is 9.80. The van der Waals surface area contributed by atoms with Crippen molar-refractivity contribution in [3.63, 3.8) is 0 Å². The molecule has 0 aromatic rings. The number of rotatable bonds is 5. The fourth-order valence-electron chi connectivity index (χ4n) is 3.96. The van der Waals surface area contributed by atoms with Gasteiger partial charge in [0.25, 0.3) is 0 Å². The quantitative estimate of drug-likeness (QED) is 0.783. The van der Waals surface area contributed by atoms with Crippen molar-refractivity contribution >= 4 is 0 Å². The Kier molecular flexibility index (Phi) is 5.23. The number of nitrogens with zero attached hydrogens (tertiary/aromatic N) is 2. The Hall–Kier alpha value is -0.160. The van der Waals surface area contributed by atoms with Crippen molar-refractivity contribution in [2.75, 3.05) is 32.8 Å². The predicted molar refractivity (Wildman–Crippen MR) is 79.2 cm³/mol. The van der Waals surface area contributed by atoms with Gasteiger partial charge in [0.1, 0.15) is 0 Å². The van der Waals surface area contributed by atoms with Crippen LogP contribution in [-0.4, -0.2) is 65.3 Å². The smallest absolute Gasteiger partial charge is 0.0611 e. The second-order valence-corrected chi connectivity index (χ2v) is 6.43. The first-order chi connectivity index (χ1) is 9.11. The summed E-state index contributed by atoms with van der Waals surface area (Å²) >= 11 is 0. The highest BCUT2D eigenvalue weighted by Gasteiger charge is 2.38. The Balaban J connectivity index is 1.90. The van der Waals surface area contributed by atoms with Gasteiger partial charge in [-0.25, -0.2) is 0 Å². The van der Waals surface area contributed by atoms with Crippen molar-refractivity contribution in [3.05, 3.63) is 0 Å². The van der Waals surface area contributed by atoms with E-state index in [9.17, 15) is 5.11 Å². The molecule has 1 aliphatic heterocycles. The topological polar surface area (TPSA) is 52.7 Å². The van der Waals surface area contributed by atoms with Crippen LogP contribution in [0.1, 0.15) is 46.0 Å². The minimum Gasteiger partial charge on any atom is -0.394 e. The molecule has 3 N–H and O–H groups in total. The van der Waals surface area contributed by atoms with E-state index in [1.54, 1.807) is 0 Å². The van der Waals surface area contributed by atoms with Gasteiger partial charge in [-0.05, 0) is 45.2 Å². The average molecular weight is 269 g/mol. The molecule has 1 saturated carbocycles. The third kappa shape index (κ3) is 3.48. The zero-order chi connectivity index (χ0) is 13.9. The van der Waals surface area contributed by atoms with Crippen LogP contribution in [0.15, 0.2) is 0 Å². The van der Waals surface area contributed by atoms with E-state index >= 15 is 0 Å². The van der Waals surface area contributed by atoms with Crippen molar-refractivity contribution in [2.24, 2.45) is 5.73 Å². The van der Waals surface area contributed by atoms with Gasteiger partial charge in [0.05, 0.1) is 6.61 Å². The predicted octanol–water partition coefficient (Wildman–Crippen LogP) is 1.03. The summed E-state index contributed by atoms with van der Waals surface area (Å²) in [5.74, 6) is 0. The highest BCUT2D eigenvalue weighted by molar-refractivity contribution is 4.96. The number of likely N-dealkylation sites (tertiary alicyclic amines) is 1. The molecule has 1 saturated heterocycles. The third-order valence-electron chi connectivity index (χ3n) is 5.21. The van der Waals surface area contributed by atoms with Gasteiger partial charge >= 0.3 is 0 Å². The fraction of sp³-hybridized carbons (Fsp3) is 1.00. The molecule has 3 unspecified atom stereocenters. The van der Waals surface area contributed by atoms with Gasteiger partial charge in [0.2, 0.25) is 0 Å². The molecule has 1 aliphatic carbocycles. The van der Waals surface area contributed by atoms with Crippen LogP contribution in [0.3, 0.4) is 0 Å². The van der Waals surface area contributed by atoms with Crippen molar-refractivity contribution in [1.29, 1.82) is 0 Å². The second kappa shape index (κ2) is 6.53. The Morgan fingerprint density at radius 3 is 2.68 bits per heavy atom. The standard InChI is InChI=1S/C15H31N3O/c1-3-17(4-2)14-7-9-18(11-14)13-6-5-8-15(16,10-13)12-19/h13-14,19H,3-12,16H2,1-2H3. The molecule has 4 heteroatoms. The largest absolute Gasteiger partial charge is 0.394 e. The lowest BCUT2D eigenvalue weighted by molar-refractivity contribution is 0.0884. The molecular formula is C15H31N3O. The summed E-state index contributed by atoms with van der Waals surface area (Å²) in [5.41, 5.74) is 5.95. The van der Waals surface area contributed by atoms with Crippen LogP contribution in [-0.2, 0) is 0 Å². The molecule has 2 aliphatic rings. The molecule has 3 atom stereocenters. The number of hydrogen-bond acceptors (Lipinski definition) is 4. The Labute approximate surface area is 117 Å². The van der Waals surface area contributed by atoms with Gasteiger partial charge in [-0.15, -0.1) is 0 Å². The fourth-order valence-corrected chi connectivity index (χ4v) is 3.96. The summed E-state index contributed by atoms with van der Waals surface area (Å²) < 4.78 is 0. The van der Waals surface area contributed by atoms with E-state index in [0.29, 0.717) is 6.04 Å². The number of likely N-dealkylation sites (N-methyl/N-ethyl adjacent to an activating group) is 1. The van der Waals surface area contributed by atoms with Crippen LogP contribution >= 0.6 is 0 Å². The molecule has 4 nitrogen and oxygen atoms in total. The molecule has 2 fully saturated rings. The first kappa shape index (κ1) is 15.2. The molecule has 0 aromatic heterocycles. The summed E-state index contributed by atoms with van der Waals surface area (Å²) in [6, 6.07) is 1.31. The van der Waals surface area contributed by atoms with E-state index in [4.69, 9.17) is 5.73 Å². The van der Waals surface area contributed by atoms with E-state index in [2.05, 4.69) is 23.6 Å². The van der Waals surface area contributed by atoms with E-state index < -0.39 is 0 Å². The summed E-state index contributed by atoms with van der Waals surface area (Å²) in [7, 11) is 0. The number of aliphatic hydroxyl groups is 1. The molecule has 0 amide bonds. The molecule has 19 heavy (non-hydrogen) atoms. The molecular weight excluding hydrogens is 238 g/mol.